The highest BCUT2D eigenvalue weighted by Gasteiger charge is 2.46. The van der Waals surface area contributed by atoms with Crippen molar-refractivity contribution in [2.45, 2.75) is 63.3 Å². The molecule has 1 N–H and O–H groups in total. The van der Waals surface area contributed by atoms with Gasteiger partial charge in [-0.15, -0.1) is 24.8 Å². The summed E-state index contributed by atoms with van der Waals surface area (Å²) in [5, 5.41) is 3.87. The van der Waals surface area contributed by atoms with Gasteiger partial charge in [-0.2, -0.15) is 0 Å². The van der Waals surface area contributed by atoms with Crippen LogP contribution in [0.1, 0.15) is 50.5 Å². The lowest BCUT2D eigenvalue weighted by molar-refractivity contribution is -0.152. The van der Waals surface area contributed by atoms with Gasteiger partial charge in [-0.25, -0.2) is 0 Å². The van der Waals surface area contributed by atoms with Gasteiger partial charge in [0.15, 0.2) is 0 Å². The minimum atomic E-state index is -0.0168. The second-order valence-corrected chi connectivity index (χ2v) is 7.66. The van der Waals surface area contributed by atoms with Gasteiger partial charge in [-0.1, -0.05) is 30.3 Å². The molecule has 4 nitrogen and oxygen atoms in total. The highest BCUT2D eigenvalue weighted by Crippen LogP contribution is 2.39. The molecular formula is C20H30Cl2N2O2. The van der Waals surface area contributed by atoms with Crippen LogP contribution in [0, 0.1) is 5.92 Å². The molecule has 3 aliphatic heterocycles. The fourth-order valence-electron chi connectivity index (χ4n) is 4.79. The van der Waals surface area contributed by atoms with E-state index in [4.69, 9.17) is 4.74 Å². The first-order valence-corrected chi connectivity index (χ1v) is 9.48. The average Bonchev–Trinajstić information content (AvgIpc) is 2.95. The number of carbonyl (C=O) groups excluding carboxylic acids is 1. The summed E-state index contributed by atoms with van der Waals surface area (Å²) >= 11 is 0. The third-order valence-corrected chi connectivity index (χ3v) is 6.18. The molecule has 3 saturated heterocycles. The zero-order chi connectivity index (χ0) is 16.4. The summed E-state index contributed by atoms with van der Waals surface area (Å²) in [6, 6.07) is 10.7. The first-order chi connectivity index (χ1) is 11.8. The number of hydrogen-bond acceptors (Lipinski definition) is 4. The predicted molar refractivity (Wildman–Crippen MR) is 108 cm³/mol. The Morgan fingerprint density at radius 3 is 2.54 bits per heavy atom. The molecule has 3 fully saturated rings. The maximum atomic E-state index is 12.4. The second-order valence-electron chi connectivity index (χ2n) is 7.66. The Hall–Kier alpha value is -0.810. The molecule has 3 heterocycles. The predicted octanol–water partition coefficient (Wildman–Crippen LogP) is 3.92. The number of likely N-dealkylation sites (tertiary alicyclic amines) is 1. The molecule has 0 spiro atoms. The molecule has 1 aromatic carbocycles. The Morgan fingerprint density at radius 2 is 1.81 bits per heavy atom. The van der Waals surface area contributed by atoms with Crippen molar-refractivity contribution in [1.29, 1.82) is 0 Å². The SMILES string of the molecule is Cl.Cl.O=C(OCc1ccccc1)C1CCN([C@]23CCC[C@@H](CC2)N3)CC1. The summed E-state index contributed by atoms with van der Waals surface area (Å²) in [6.07, 6.45) is 8.41. The van der Waals surface area contributed by atoms with Gasteiger partial charge in [0.05, 0.1) is 11.6 Å². The van der Waals surface area contributed by atoms with Crippen molar-refractivity contribution < 1.29 is 9.53 Å². The number of nitrogens with zero attached hydrogens (tertiary/aromatic N) is 1. The van der Waals surface area contributed by atoms with Gasteiger partial charge in [0.2, 0.25) is 0 Å². The summed E-state index contributed by atoms with van der Waals surface area (Å²) in [6.45, 7) is 2.43. The number of rotatable bonds is 4. The van der Waals surface area contributed by atoms with E-state index < -0.39 is 0 Å². The van der Waals surface area contributed by atoms with E-state index >= 15 is 0 Å². The van der Waals surface area contributed by atoms with Crippen LogP contribution in [0.4, 0.5) is 0 Å². The quantitative estimate of drug-likeness (QED) is 0.777. The lowest BCUT2D eigenvalue weighted by Crippen LogP contribution is -2.60. The molecule has 0 aromatic heterocycles. The topological polar surface area (TPSA) is 41.6 Å². The number of benzene rings is 1. The molecule has 0 amide bonds. The lowest BCUT2D eigenvalue weighted by Gasteiger charge is -2.47. The highest BCUT2D eigenvalue weighted by atomic mass is 35.5. The molecule has 0 aliphatic carbocycles. The van der Waals surface area contributed by atoms with Gasteiger partial charge >= 0.3 is 5.97 Å². The Morgan fingerprint density at radius 1 is 1.08 bits per heavy atom. The van der Waals surface area contributed by atoms with Crippen LogP contribution >= 0.6 is 24.8 Å². The summed E-state index contributed by atoms with van der Waals surface area (Å²) < 4.78 is 5.53. The Balaban J connectivity index is 0.00000121. The van der Waals surface area contributed by atoms with Crippen molar-refractivity contribution in [2.75, 3.05) is 13.1 Å². The van der Waals surface area contributed by atoms with Crippen molar-refractivity contribution in [2.24, 2.45) is 5.92 Å². The molecule has 26 heavy (non-hydrogen) atoms. The Labute approximate surface area is 168 Å². The standard InChI is InChI=1S/C20H28N2O2.2ClH/c23-19(24-15-16-5-2-1-3-6-16)17-9-13-22(14-10-17)20-11-4-7-18(21-20)8-12-20;;/h1-3,5-6,17-18,21H,4,7-15H2;2*1H/t18-,20+;;/m0../s1. The summed E-state index contributed by atoms with van der Waals surface area (Å²) in [5.74, 6) is 0.0547. The average molecular weight is 401 g/mol. The third kappa shape index (κ3) is 4.53. The third-order valence-electron chi connectivity index (χ3n) is 6.18. The highest BCUT2D eigenvalue weighted by molar-refractivity contribution is 5.85. The number of halogens is 2. The van der Waals surface area contributed by atoms with Crippen LogP contribution in [0.15, 0.2) is 30.3 Å². The van der Waals surface area contributed by atoms with Crippen molar-refractivity contribution in [3.05, 3.63) is 35.9 Å². The van der Waals surface area contributed by atoms with Crippen LogP contribution in [-0.4, -0.2) is 35.7 Å². The monoisotopic (exact) mass is 400 g/mol. The van der Waals surface area contributed by atoms with Crippen molar-refractivity contribution >= 4 is 30.8 Å². The molecule has 2 bridgehead atoms. The Bertz CT molecular complexity index is 574. The van der Waals surface area contributed by atoms with Gasteiger partial charge in [0, 0.05) is 19.1 Å². The van der Waals surface area contributed by atoms with Gasteiger partial charge in [-0.05, 0) is 50.5 Å². The second kappa shape index (κ2) is 9.41. The van der Waals surface area contributed by atoms with Crippen LogP contribution in [0.2, 0.25) is 0 Å². The van der Waals surface area contributed by atoms with Gasteiger partial charge in [0.1, 0.15) is 6.61 Å². The summed E-state index contributed by atoms with van der Waals surface area (Å²) in [4.78, 5) is 15.0. The summed E-state index contributed by atoms with van der Waals surface area (Å²) in [5.41, 5.74) is 1.30. The van der Waals surface area contributed by atoms with Crippen molar-refractivity contribution in [3.63, 3.8) is 0 Å². The molecule has 146 valence electrons. The van der Waals surface area contributed by atoms with Crippen LogP contribution in [0.5, 0.6) is 0 Å². The molecule has 0 unspecified atom stereocenters. The van der Waals surface area contributed by atoms with E-state index in [9.17, 15) is 4.79 Å². The first-order valence-electron chi connectivity index (χ1n) is 9.48. The van der Waals surface area contributed by atoms with Gasteiger partial charge in [0.25, 0.3) is 0 Å². The fraction of sp³-hybridized carbons (Fsp3) is 0.650. The molecule has 0 saturated carbocycles. The molecule has 6 heteroatoms. The fourth-order valence-corrected chi connectivity index (χ4v) is 4.79. The molecule has 4 rings (SSSR count). The molecular weight excluding hydrogens is 371 g/mol. The van der Waals surface area contributed by atoms with E-state index in [-0.39, 0.29) is 42.4 Å². The van der Waals surface area contributed by atoms with E-state index in [2.05, 4.69) is 10.2 Å². The largest absolute Gasteiger partial charge is 0.461 e. The molecule has 3 aliphatic rings. The number of nitrogens with one attached hydrogen (secondary N) is 1. The molecule has 1 aromatic rings. The number of piperidine rings is 2. The normalized spacial score (nSPS) is 28.7. The maximum Gasteiger partial charge on any atom is 0.309 e. The Kier molecular flexibility index (Phi) is 7.77. The number of esters is 1. The number of fused-ring (bicyclic) bond motifs is 2. The molecule has 0 radical (unpaired) electrons. The minimum Gasteiger partial charge on any atom is -0.461 e. The molecule has 2 atom stereocenters. The van der Waals surface area contributed by atoms with E-state index in [1.165, 1.54) is 32.1 Å². The smallest absolute Gasteiger partial charge is 0.309 e. The number of ether oxygens (including phenoxy) is 1. The minimum absolute atomic E-state index is 0. The number of hydrogen-bond donors (Lipinski definition) is 1. The summed E-state index contributed by atoms with van der Waals surface area (Å²) in [7, 11) is 0. The van der Waals surface area contributed by atoms with E-state index in [0.29, 0.717) is 6.61 Å². The van der Waals surface area contributed by atoms with Crippen LogP contribution < -0.4 is 5.32 Å². The zero-order valence-corrected chi connectivity index (χ0v) is 16.8. The van der Waals surface area contributed by atoms with E-state index in [1.54, 1.807) is 0 Å². The van der Waals surface area contributed by atoms with Crippen molar-refractivity contribution in [1.82, 2.24) is 10.2 Å². The van der Waals surface area contributed by atoms with Gasteiger partial charge < -0.3 is 4.74 Å². The number of carbonyl (C=O) groups is 1. The van der Waals surface area contributed by atoms with Crippen molar-refractivity contribution in [3.8, 4) is 0 Å². The van der Waals surface area contributed by atoms with E-state index in [0.717, 1.165) is 37.5 Å². The van der Waals surface area contributed by atoms with Crippen LogP contribution in [0.25, 0.3) is 0 Å². The lowest BCUT2D eigenvalue weighted by atomic mass is 9.91. The van der Waals surface area contributed by atoms with Crippen LogP contribution in [-0.2, 0) is 16.1 Å². The first kappa shape index (κ1) is 21.5. The van der Waals surface area contributed by atoms with Crippen LogP contribution in [0.3, 0.4) is 0 Å². The maximum absolute atomic E-state index is 12.4. The van der Waals surface area contributed by atoms with E-state index in [1.807, 2.05) is 30.3 Å². The van der Waals surface area contributed by atoms with Gasteiger partial charge in [-0.3, -0.25) is 15.0 Å². The zero-order valence-electron chi connectivity index (χ0n) is 15.2.